The second-order valence-corrected chi connectivity index (χ2v) is 4.64. The second-order valence-electron chi connectivity index (χ2n) is 4.64. The molecule has 0 aliphatic carbocycles. The largest absolute Gasteiger partial charge is 0.399 e. The quantitative estimate of drug-likeness (QED) is 0.822. The first-order chi connectivity index (χ1) is 8.74. The number of rotatable bonds is 2. The monoisotopic (exact) mass is 245 g/mol. The summed E-state index contributed by atoms with van der Waals surface area (Å²) in [5.41, 5.74) is 7.25. The molecule has 1 aromatic carbocycles. The molecule has 1 saturated heterocycles. The highest BCUT2D eigenvalue weighted by atomic mass is 16.5. The Labute approximate surface area is 105 Å². The van der Waals surface area contributed by atoms with Gasteiger partial charge in [0, 0.05) is 17.9 Å². The lowest BCUT2D eigenvalue weighted by Gasteiger charge is -2.07. The van der Waals surface area contributed by atoms with Crippen molar-refractivity contribution in [3.05, 3.63) is 30.2 Å². The van der Waals surface area contributed by atoms with E-state index in [0.29, 0.717) is 17.6 Å². The highest BCUT2D eigenvalue weighted by Crippen LogP contribution is 2.33. The van der Waals surface area contributed by atoms with E-state index in [1.54, 1.807) is 0 Å². The maximum atomic E-state index is 5.64. The highest BCUT2D eigenvalue weighted by molar-refractivity contribution is 5.58. The number of hydrogen-bond donors (Lipinski definition) is 1. The molecule has 94 valence electrons. The summed E-state index contributed by atoms with van der Waals surface area (Å²) in [7, 11) is 0. The Morgan fingerprint density at radius 3 is 2.72 bits per heavy atom. The predicted octanol–water partition coefficient (Wildman–Crippen LogP) is 2.42. The number of nitrogens with two attached hydrogens (primary N) is 1. The van der Waals surface area contributed by atoms with E-state index in [1.807, 2.05) is 24.3 Å². The summed E-state index contributed by atoms with van der Waals surface area (Å²) in [6, 6.07) is 7.39. The number of benzene rings is 1. The molecule has 1 aliphatic rings. The van der Waals surface area contributed by atoms with Crippen molar-refractivity contribution in [3.63, 3.8) is 0 Å². The molecular formula is C13H15N3O2. The van der Waals surface area contributed by atoms with Crippen molar-refractivity contribution in [2.24, 2.45) is 5.92 Å². The Balaban J connectivity index is 1.87. The zero-order chi connectivity index (χ0) is 12.5. The van der Waals surface area contributed by atoms with E-state index in [2.05, 4.69) is 17.1 Å². The molecule has 18 heavy (non-hydrogen) atoms. The minimum Gasteiger partial charge on any atom is -0.399 e. The fourth-order valence-electron chi connectivity index (χ4n) is 2.11. The third-order valence-corrected chi connectivity index (χ3v) is 3.24. The normalized spacial score (nSPS) is 23.4. The van der Waals surface area contributed by atoms with Crippen LogP contribution in [0.4, 0.5) is 5.69 Å². The average Bonchev–Trinajstić information content (AvgIpc) is 2.98. The van der Waals surface area contributed by atoms with Crippen LogP contribution in [-0.2, 0) is 4.74 Å². The Hall–Kier alpha value is -1.88. The molecule has 2 atom stereocenters. The van der Waals surface area contributed by atoms with Gasteiger partial charge in [-0.25, -0.2) is 0 Å². The maximum Gasteiger partial charge on any atom is 0.256 e. The van der Waals surface area contributed by atoms with Crippen LogP contribution in [0.1, 0.15) is 25.3 Å². The van der Waals surface area contributed by atoms with Gasteiger partial charge >= 0.3 is 0 Å². The van der Waals surface area contributed by atoms with Crippen molar-refractivity contribution in [3.8, 4) is 11.4 Å². The van der Waals surface area contributed by atoms with Gasteiger partial charge in [-0.2, -0.15) is 4.98 Å². The molecule has 0 amide bonds. The van der Waals surface area contributed by atoms with Crippen LogP contribution < -0.4 is 5.73 Å². The number of nitrogens with zero attached hydrogens (tertiary/aromatic N) is 2. The summed E-state index contributed by atoms with van der Waals surface area (Å²) in [6.07, 6.45) is 0.963. The van der Waals surface area contributed by atoms with Crippen molar-refractivity contribution >= 4 is 5.69 Å². The summed E-state index contributed by atoms with van der Waals surface area (Å²) in [5.74, 6) is 1.56. The molecule has 2 heterocycles. The number of hydrogen-bond acceptors (Lipinski definition) is 5. The number of ether oxygens (including phenoxy) is 1. The van der Waals surface area contributed by atoms with Crippen molar-refractivity contribution < 1.29 is 9.26 Å². The van der Waals surface area contributed by atoms with Gasteiger partial charge in [0.05, 0.1) is 0 Å². The van der Waals surface area contributed by atoms with E-state index in [4.69, 9.17) is 15.0 Å². The summed E-state index contributed by atoms with van der Waals surface area (Å²) < 4.78 is 10.9. The van der Waals surface area contributed by atoms with E-state index in [9.17, 15) is 0 Å². The Bertz CT molecular complexity index is 535. The van der Waals surface area contributed by atoms with E-state index < -0.39 is 0 Å². The topological polar surface area (TPSA) is 74.2 Å². The Kier molecular flexibility index (Phi) is 2.76. The molecule has 1 aromatic heterocycles. The number of aromatic nitrogens is 2. The van der Waals surface area contributed by atoms with Crippen LogP contribution in [0.15, 0.2) is 28.8 Å². The van der Waals surface area contributed by atoms with Gasteiger partial charge in [0.2, 0.25) is 5.82 Å². The van der Waals surface area contributed by atoms with Crippen molar-refractivity contribution in [1.82, 2.24) is 10.1 Å². The molecule has 2 N–H and O–H groups in total. The van der Waals surface area contributed by atoms with Crippen LogP contribution in [0, 0.1) is 5.92 Å². The fraction of sp³-hybridized carbons (Fsp3) is 0.385. The van der Waals surface area contributed by atoms with Crippen molar-refractivity contribution in [2.45, 2.75) is 19.4 Å². The second kappa shape index (κ2) is 4.42. The van der Waals surface area contributed by atoms with Crippen LogP contribution in [0.2, 0.25) is 0 Å². The lowest BCUT2D eigenvalue weighted by molar-refractivity contribution is 0.0661. The fourth-order valence-corrected chi connectivity index (χ4v) is 2.11. The van der Waals surface area contributed by atoms with Gasteiger partial charge in [-0.1, -0.05) is 12.1 Å². The molecule has 3 rings (SSSR count). The maximum absolute atomic E-state index is 5.64. The zero-order valence-corrected chi connectivity index (χ0v) is 10.2. The van der Waals surface area contributed by atoms with Crippen LogP contribution in [-0.4, -0.2) is 16.7 Å². The summed E-state index contributed by atoms with van der Waals surface area (Å²) in [6.45, 7) is 2.89. The van der Waals surface area contributed by atoms with E-state index in [0.717, 1.165) is 24.3 Å². The minimum atomic E-state index is -0.0694. The summed E-state index contributed by atoms with van der Waals surface area (Å²) in [4.78, 5) is 4.40. The van der Waals surface area contributed by atoms with E-state index >= 15 is 0 Å². The molecule has 0 spiro atoms. The van der Waals surface area contributed by atoms with Gasteiger partial charge in [-0.3, -0.25) is 0 Å². The highest BCUT2D eigenvalue weighted by Gasteiger charge is 2.30. The average molecular weight is 245 g/mol. The Morgan fingerprint density at radius 2 is 2.06 bits per heavy atom. The zero-order valence-electron chi connectivity index (χ0n) is 10.2. The molecule has 0 saturated carbocycles. The standard InChI is InChI=1S/C13H15N3O2/c1-8-6-7-17-11(8)13-15-12(16-18-13)9-2-4-10(14)5-3-9/h2-5,8,11H,6-7,14H2,1H3. The van der Waals surface area contributed by atoms with E-state index in [-0.39, 0.29) is 6.10 Å². The molecule has 0 radical (unpaired) electrons. The third-order valence-electron chi connectivity index (χ3n) is 3.24. The molecule has 2 aromatic rings. The molecule has 0 bridgehead atoms. The third kappa shape index (κ3) is 1.97. The summed E-state index contributed by atoms with van der Waals surface area (Å²) >= 11 is 0. The molecule has 5 nitrogen and oxygen atoms in total. The first-order valence-electron chi connectivity index (χ1n) is 6.05. The van der Waals surface area contributed by atoms with E-state index in [1.165, 1.54) is 0 Å². The van der Waals surface area contributed by atoms with Crippen LogP contribution >= 0.6 is 0 Å². The van der Waals surface area contributed by atoms with Crippen molar-refractivity contribution in [2.75, 3.05) is 12.3 Å². The van der Waals surface area contributed by atoms with Gasteiger partial charge < -0.3 is 15.0 Å². The van der Waals surface area contributed by atoms with Crippen molar-refractivity contribution in [1.29, 1.82) is 0 Å². The van der Waals surface area contributed by atoms with Gasteiger partial charge in [0.1, 0.15) is 6.10 Å². The molecule has 2 unspecified atom stereocenters. The minimum absolute atomic E-state index is 0.0694. The van der Waals surface area contributed by atoms with Gasteiger partial charge in [0.15, 0.2) is 0 Å². The first kappa shape index (κ1) is 11.2. The van der Waals surface area contributed by atoms with Gasteiger partial charge in [0.25, 0.3) is 5.89 Å². The first-order valence-corrected chi connectivity index (χ1v) is 6.05. The SMILES string of the molecule is CC1CCOC1c1nc(-c2ccc(N)cc2)no1. The van der Waals surface area contributed by atoms with Gasteiger partial charge in [-0.05, 0) is 36.6 Å². The molecule has 5 heteroatoms. The molecular weight excluding hydrogens is 230 g/mol. The van der Waals surface area contributed by atoms with Gasteiger partial charge in [-0.15, -0.1) is 0 Å². The van der Waals surface area contributed by atoms with Crippen LogP contribution in [0.25, 0.3) is 11.4 Å². The van der Waals surface area contributed by atoms with Crippen LogP contribution in [0.3, 0.4) is 0 Å². The van der Waals surface area contributed by atoms with Crippen LogP contribution in [0.5, 0.6) is 0 Å². The smallest absolute Gasteiger partial charge is 0.256 e. The summed E-state index contributed by atoms with van der Waals surface area (Å²) in [5, 5.41) is 3.99. The Morgan fingerprint density at radius 1 is 1.28 bits per heavy atom. The lowest BCUT2D eigenvalue weighted by atomic mass is 10.0. The molecule has 1 fully saturated rings. The predicted molar refractivity (Wildman–Crippen MR) is 66.6 cm³/mol. The number of nitrogen functional groups attached to an aromatic ring is 1. The lowest BCUT2D eigenvalue weighted by Crippen LogP contribution is -2.03. The number of anilines is 1. The molecule has 1 aliphatic heterocycles.